The second kappa shape index (κ2) is 7.33. The average molecular weight is 325 g/mol. The first kappa shape index (κ1) is 15.7. The molecule has 1 amide bonds. The smallest absolute Gasteiger partial charge is 0.225 e. The van der Waals surface area contributed by atoms with Crippen LogP contribution in [0, 0.1) is 5.82 Å². The molecule has 6 heteroatoms. The van der Waals surface area contributed by atoms with Gasteiger partial charge in [-0.15, -0.1) is 11.8 Å². The van der Waals surface area contributed by atoms with Gasteiger partial charge in [0.25, 0.3) is 0 Å². The molecule has 21 heavy (non-hydrogen) atoms. The van der Waals surface area contributed by atoms with Crippen LogP contribution in [0.3, 0.4) is 0 Å². The Labute approximate surface area is 131 Å². The number of nitrogens with one attached hydrogen (secondary N) is 1. The van der Waals surface area contributed by atoms with E-state index in [1.54, 1.807) is 36.4 Å². The minimum atomic E-state index is -0.369. The lowest BCUT2D eigenvalue weighted by molar-refractivity contribution is -0.115. The Morgan fingerprint density at radius 3 is 2.76 bits per heavy atom. The van der Waals surface area contributed by atoms with E-state index in [4.69, 9.17) is 17.3 Å². The number of para-hydroxylation sites is 1. The van der Waals surface area contributed by atoms with Gasteiger partial charge in [-0.3, -0.25) is 4.79 Å². The van der Waals surface area contributed by atoms with Crippen molar-refractivity contribution in [1.29, 1.82) is 0 Å². The molecule has 0 heterocycles. The molecule has 0 bridgehead atoms. The first-order chi connectivity index (χ1) is 10.1. The lowest BCUT2D eigenvalue weighted by Gasteiger charge is -2.07. The van der Waals surface area contributed by atoms with Crippen molar-refractivity contribution in [2.75, 3.05) is 16.8 Å². The van der Waals surface area contributed by atoms with Crippen LogP contribution in [0.2, 0.25) is 5.02 Å². The molecule has 0 saturated heterocycles. The fraction of sp³-hybridized carbons (Fsp3) is 0.133. The summed E-state index contributed by atoms with van der Waals surface area (Å²) in [5.41, 5.74) is 6.44. The Morgan fingerprint density at radius 1 is 1.29 bits per heavy atom. The number of hydrogen-bond acceptors (Lipinski definition) is 3. The number of halogens is 2. The molecular weight excluding hydrogens is 311 g/mol. The van der Waals surface area contributed by atoms with Gasteiger partial charge in [0.15, 0.2) is 0 Å². The summed E-state index contributed by atoms with van der Waals surface area (Å²) in [6, 6.07) is 11.5. The van der Waals surface area contributed by atoms with Crippen LogP contribution in [0.1, 0.15) is 6.42 Å². The number of nitrogens with two attached hydrogens (primary N) is 1. The summed E-state index contributed by atoms with van der Waals surface area (Å²) in [7, 11) is 0. The van der Waals surface area contributed by atoms with Gasteiger partial charge >= 0.3 is 0 Å². The highest BCUT2D eigenvalue weighted by Gasteiger charge is 2.07. The van der Waals surface area contributed by atoms with E-state index < -0.39 is 0 Å². The summed E-state index contributed by atoms with van der Waals surface area (Å²) in [6.07, 6.45) is 0.264. The summed E-state index contributed by atoms with van der Waals surface area (Å²) in [6.45, 7) is 0. The van der Waals surface area contributed by atoms with Crippen molar-refractivity contribution in [3.8, 4) is 0 Å². The molecule has 0 aromatic heterocycles. The molecule has 3 N–H and O–H groups in total. The van der Waals surface area contributed by atoms with E-state index in [1.807, 2.05) is 0 Å². The van der Waals surface area contributed by atoms with E-state index in [1.165, 1.54) is 17.8 Å². The summed E-state index contributed by atoms with van der Waals surface area (Å²) >= 11 is 7.23. The Balaban J connectivity index is 1.83. The van der Waals surface area contributed by atoms with E-state index in [2.05, 4.69) is 5.32 Å². The van der Waals surface area contributed by atoms with Gasteiger partial charge in [-0.1, -0.05) is 23.7 Å². The second-order valence-corrected chi connectivity index (χ2v) is 5.86. The summed E-state index contributed by atoms with van der Waals surface area (Å²) in [4.78, 5) is 12.3. The van der Waals surface area contributed by atoms with Crippen molar-refractivity contribution in [2.45, 2.75) is 11.3 Å². The molecule has 0 fully saturated rings. The van der Waals surface area contributed by atoms with Crippen LogP contribution < -0.4 is 11.1 Å². The van der Waals surface area contributed by atoms with Crippen molar-refractivity contribution in [3.63, 3.8) is 0 Å². The third-order valence-corrected chi connectivity index (χ3v) is 4.07. The second-order valence-electron chi connectivity index (χ2n) is 4.32. The number of carbonyl (C=O) groups excluding carboxylic acids is 1. The summed E-state index contributed by atoms with van der Waals surface area (Å²) < 4.78 is 13.6. The van der Waals surface area contributed by atoms with Gasteiger partial charge < -0.3 is 11.1 Å². The molecule has 0 atom stereocenters. The predicted molar refractivity (Wildman–Crippen MR) is 86.2 cm³/mol. The molecule has 2 aromatic carbocycles. The lowest BCUT2D eigenvalue weighted by Crippen LogP contribution is -2.12. The van der Waals surface area contributed by atoms with Crippen molar-refractivity contribution in [3.05, 3.63) is 53.3 Å². The molecule has 0 unspecified atom stereocenters. The number of thioether (sulfide) groups is 1. The topological polar surface area (TPSA) is 55.1 Å². The highest BCUT2D eigenvalue weighted by Crippen LogP contribution is 2.25. The maximum atomic E-state index is 13.6. The quantitative estimate of drug-likeness (QED) is 0.640. The first-order valence-corrected chi connectivity index (χ1v) is 7.65. The van der Waals surface area contributed by atoms with E-state index in [9.17, 15) is 9.18 Å². The average Bonchev–Trinajstić information content (AvgIpc) is 2.44. The molecule has 0 radical (unpaired) electrons. The Kier molecular flexibility index (Phi) is 5.47. The molecule has 0 aliphatic rings. The third-order valence-electron chi connectivity index (χ3n) is 2.69. The van der Waals surface area contributed by atoms with Gasteiger partial charge in [0, 0.05) is 22.8 Å². The van der Waals surface area contributed by atoms with Crippen LogP contribution in [0.4, 0.5) is 15.8 Å². The van der Waals surface area contributed by atoms with Gasteiger partial charge in [0.05, 0.1) is 10.7 Å². The van der Waals surface area contributed by atoms with E-state index in [0.29, 0.717) is 27.0 Å². The number of amides is 1. The van der Waals surface area contributed by atoms with Crippen LogP contribution in [-0.2, 0) is 4.79 Å². The van der Waals surface area contributed by atoms with Gasteiger partial charge in [0.2, 0.25) is 5.91 Å². The molecule has 2 aromatic rings. The number of carbonyl (C=O) groups is 1. The van der Waals surface area contributed by atoms with Crippen LogP contribution in [0.5, 0.6) is 0 Å². The number of hydrogen-bond donors (Lipinski definition) is 2. The molecule has 110 valence electrons. The SMILES string of the molecule is Nc1ccc(SCCC(=O)Nc2ccccc2Cl)c(F)c1. The largest absolute Gasteiger partial charge is 0.399 e. The molecule has 3 nitrogen and oxygen atoms in total. The van der Waals surface area contributed by atoms with E-state index >= 15 is 0 Å². The fourth-order valence-corrected chi connectivity index (χ4v) is 2.71. The van der Waals surface area contributed by atoms with Crippen LogP contribution >= 0.6 is 23.4 Å². The summed E-state index contributed by atoms with van der Waals surface area (Å²) in [5, 5.41) is 3.21. The number of nitrogen functional groups attached to an aromatic ring is 1. The molecule has 0 saturated carbocycles. The predicted octanol–water partition coefficient (Wildman–Crippen LogP) is 4.18. The van der Waals surface area contributed by atoms with Crippen molar-refractivity contribution >= 4 is 40.6 Å². The molecule has 0 spiro atoms. The zero-order valence-electron chi connectivity index (χ0n) is 11.1. The van der Waals surface area contributed by atoms with Gasteiger partial charge in [-0.25, -0.2) is 4.39 Å². The van der Waals surface area contributed by atoms with Crippen LogP contribution in [-0.4, -0.2) is 11.7 Å². The fourth-order valence-electron chi connectivity index (χ4n) is 1.66. The standard InChI is InChI=1S/C15H14ClFN2OS/c16-11-3-1-2-4-13(11)19-15(20)7-8-21-14-6-5-10(18)9-12(14)17/h1-6,9H,7-8,18H2,(H,19,20). The highest BCUT2D eigenvalue weighted by atomic mass is 35.5. The van der Waals surface area contributed by atoms with E-state index in [-0.39, 0.29) is 18.1 Å². The minimum Gasteiger partial charge on any atom is -0.399 e. The number of benzene rings is 2. The molecule has 0 aliphatic heterocycles. The Morgan fingerprint density at radius 2 is 2.05 bits per heavy atom. The first-order valence-electron chi connectivity index (χ1n) is 6.28. The number of rotatable bonds is 5. The molecule has 0 aliphatic carbocycles. The normalized spacial score (nSPS) is 10.4. The van der Waals surface area contributed by atoms with Crippen molar-refractivity contribution < 1.29 is 9.18 Å². The third kappa shape index (κ3) is 4.65. The maximum absolute atomic E-state index is 13.6. The minimum absolute atomic E-state index is 0.161. The monoisotopic (exact) mass is 324 g/mol. The Hall–Kier alpha value is -1.72. The van der Waals surface area contributed by atoms with Crippen LogP contribution in [0.15, 0.2) is 47.4 Å². The molecule has 2 rings (SSSR count). The highest BCUT2D eigenvalue weighted by molar-refractivity contribution is 7.99. The maximum Gasteiger partial charge on any atom is 0.225 e. The van der Waals surface area contributed by atoms with Gasteiger partial charge in [-0.05, 0) is 30.3 Å². The number of anilines is 2. The summed E-state index contributed by atoms with van der Waals surface area (Å²) in [5.74, 6) is -0.0603. The molecular formula is C15H14ClFN2OS. The van der Waals surface area contributed by atoms with Crippen LogP contribution in [0.25, 0.3) is 0 Å². The van der Waals surface area contributed by atoms with Gasteiger partial charge in [-0.2, -0.15) is 0 Å². The zero-order chi connectivity index (χ0) is 15.2. The zero-order valence-corrected chi connectivity index (χ0v) is 12.7. The lowest BCUT2D eigenvalue weighted by atomic mass is 10.3. The van der Waals surface area contributed by atoms with Crippen molar-refractivity contribution in [2.24, 2.45) is 0 Å². The van der Waals surface area contributed by atoms with Crippen molar-refractivity contribution in [1.82, 2.24) is 0 Å². The van der Waals surface area contributed by atoms with Gasteiger partial charge in [0.1, 0.15) is 5.82 Å². The Bertz CT molecular complexity index is 651. The van der Waals surface area contributed by atoms with E-state index in [0.717, 1.165) is 0 Å².